The maximum Gasteiger partial charge on any atom is 0.124 e. The van der Waals surface area contributed by atoms with Gasteiger partial charge in [0.25, 0.3) is 0 Å². The molecule has 4 heteroatoms. The maximum absolute atomic E-state index is 5.90. The predicted molar refractivity (Wildman–Crippen MR) is 71.4 cm³/mol. The van der Waals surface area contributed by atoms with Gasteiger partial charge in [0.1, 0.15) is 5.75 Å². The highest BCUT2D eigenvalue weighted by molar-refractivity contribution is 7.13. The molecule has 90 valence electrons. The van der Waals surface area contributed by atoms with Crippen molar-refractivity contribution in [2.75, 3.05) is 7.11 Å². The zero-order chi connectivity index (χ0) is 12.4. The number of aromatic nitrogens is 1. The standard InChI is InChI=1S/C13H16N2OS/c1-8(14)11-5-4-10(6-12(11)16-3)13-9(2)15-7-17-13/h4-8H,14H2,1-3H3/t8-/m0/s1. The Hall–Kier alpha value is -1.39. The summed E-state index contributed by atoms with van der Waals surface area (Å²) in [6, 6.07) is 6.10. The fourth-order valence-corrected chi connectivity index (χ4v) is 2.61. The largest absolute Gasteiger partial charge is 0.496 e. The van der Waals surface area contributed by atoms with Crippen LogP contribution in [0.15, 0.2) is 23.7 Å². The summed E-state index contributed by atoms with van der Waals surface area (Å²) in [6.07, 6.45) is 0. The van der Waals surface area contributed by atoms with E-state index in [0.717, 1.165) is 22.6 Å². The van der Waals surface area contributed by atoms with Gasteiger partial charge in [0.05, 0.1) is 23.2 Å². The van der Waals surface area contributed by atoms with E-state index in [2.05, 4.69) is 11.1 Å². The van der Waals surface area contributed by atoms with Crippen LogP contribution in [-0.4, -0.2) is 12.1 Å². The molecule has 0 bridgehead atoms. The first-order valence-electron chi connectivity index (χ1n) is 5.47. The second kappa shape index (κ2) is 4.85. The number of nitrogens with zero attached hydrogens (tertiary/aromatic N) is 1. The summed E-state index contributed by atoms with van der Waals surface area (Å²) in [5.74, 6) is 0.838. The smallest absolute Gasteiger partial charge is 0.124 e. The zero-order valence-electron chi connectivity index (χ0n) is 10.2. The molecule has 17 heavy (non-hydrogen) atoms. The molecule has 0 radical (unpaired) electrons. The van der Waals surface area contributed by atoms with Crippen molar-refractivity contribution in [2.45, 2.75) is 19.9 Å². The number of thiazole rings is 1. The normalized spacial score (nSPS) is 12.5. The lowest BCUT2D eigenvalue weighted by atomic mass is 10.0. The van der Waals surface area contributed by atoms with E-state index in [-0.39, 0.29) is 6.04 Å². The minimum absolute atomic E-state index is 0.0263. The molecule has 0 aliphatic carbocycles. The lowest BCUT2D eigenvalue weighted by Gasteiger charge is -2.13. The van der Waals surface area contributed by atoms with Gasteiger partial charge in [-0.1, -0.05) is 12.1 Å². The third-order valence-electron chi connectivity index (χ3n) is 2.73. The van der Waals surface area contributed by atoms with E-state index in [9.17, 15) is 0 Å². The third-order valence-corrected chi connectivity index (χ3v) is 3.71. The minimum atomic E-state index is -0.0263. The molecule has 0 fully saturated rings. The number of aryl methyl sites for hydroxylation is 1. The van der Waals surface area contributed by atoms with Crippen LogP contribution >= 0.6 is 11.3 Å². The number of methoxy groups -OCH3 is 1. The van der Waals surface area contributed by atoms with Crippen molar-refractivity contribution in [1.29, 1.82) is 0 Å². The molecule has 0 aliphatic rings. The number of rotatable bonds is 3. The summed E-state index contributed by atoms with van der Waals surface area (Å²) in [6.45, 7) is 3.97. The van der Waals surface area contributed by atoms with Crippen molar-refractivity contribution < 1.29 is 4.74 Å². The van der Waals surface area contributed by atoms with Gasteiger partial charge in [-0.3, -0.25) is 0 Å². The molecule has 2 aromatic rings. The van der Waals surface area contributed by atoms with E-state index in [0.29, 0.717) is 0 Å². The molecular formula is C13H16N2OS. The van der Waals surface area contributed by atoms with E-state index < -0.39 is 0 Å². The van der Waals surface area contributed by atoms with Crippen LogP contribution in [0.3, 0.4) is 0 Å². The fraction of sp³-hybridized carbons (Fsp3) is 0.308. The maximum atomic E-state index is 5.90. The lowest BCUT2D eigenvalue weighted by molar-refractivity contribution is 0.407. The Balaban J connectivity index is 2.49. The van der Waals surface area contributed by atoms with Gasteiger partial charge >= 0.3 is 0 Å². The van der Waals surface area contributed by atoms with Crippen LogP contribution in [0.25, 0.3) is 10.4 Å². The summed E-state index contributed by atoms with van der Waals surface area (Å²) < 4.78 is 5.39. The van der Waals surface area contributed by atoms with Crippen LogP contribution in [0.2, 0.25) is 0 Å². The van der Waals surface area contributed by atoms with Crippen LogP contribution in [-0.2, 0) is 0 Å². The summed E-state index contributed by atoms with van der Waals surface area (Å²) in [4.78, 5) is 5.44. The topological polar surface area (TPSA) is 48.1 Å². The van der Waals surface area contributed by atoms with Crippen LogP contribution in [0.5, 0.6) is 5.75 Å². The van der Waals surface area contributed by atoms with Gasteiger partial charge in [-0.25, -0.2) is 4.98 Å². The minimum Gasteiger partial charge on any atom is -0.496 e. The van der Waals surface area contributed by atoms with E-state index in [1.807, 2.05) is 31.5 Å². The average Bonchev–Trinajstić information content (AvgIpc) is 2.74. The number of hydrogen-bond acceptors (Lipinski definition) is 4. The molecular weight excluding hydrogens is 232 g/mol. The summed E-state index contributed by atoms with van der Waals surface area (Å²) in [5.41, 5.74) is 11.0. The Morgan fingerprint density at radius 3 is 2.71 bits per heavy atom. The molecule has 2 rings (SSSR count). The third kappa shape index (κ3) is 2.33. The molecule has 0 aliphatic heterocycles. The Kier molecular flexibility index (Phi) is 3.45. The van der Waals surface area contributed by atoms with E-state index in [1.165, 1.54) is 4.88 Å². The van der Waals surface area contributed by atoms with Crippen molar-refractivity contribution in [3.8, 4) is 16.2 Å². The van der Waals surface area contributed by atoms with Gasteiger partial charge in [0, 0.05) is 11.6 Å². The highest BCUT2D eigenvalue weighted by atomic mass is 32.1. The monoisotopic (exact) mass is 248 g/mol. The molecule has 1 aromatic carbocycles. The molecule has 0 amide bonds. The first kappa shape index (κ1) is 12.1. The van der Waals surface area contributed by atoms with Crippen molar-refractivity contribution in [3.63, 3.8) is 0 Å². The van der Waals surface area contributed by atoms with Gasteiger partial charge in [0.2, 0.25) is 0 Å². The van der Waals surface area contributed by atoms with Crippen molar-refractivity contribution in [1.82, 2.24) is 4.98 Å². The number of hydrogen-bond donors (Lipinski definition) is 1. The van der Waals surface area contributed by atoms with Gasteiger partial charge in [-0.15, -0.1) is 11.3 Å². The van der Waals surface area contributed by atoms with E-state index in [1.54, 1.807) is 18.4 Å². The molecule has 0 saturated carbocycles. The molecule has 2 N–H and O–H groups in total. The summed E-state index contributed by atoms with van der Waals surface area (Å²) >= 11 is 1.64. The van der Waals surface area contributed by atoms with E-state index >= 15 is 0 Å². The Labute approximate surface area is 105 Å². The fourth-order valence-electron chi connectivity index (χ4n) is 1.81. The summed E-state index contributed by atoms with van der Waals surface area (Å²) in [7, 11) is 1.67. The second-order valence-electron chi connectivity index (χ2n) is 4.01. The van der Waals surface area contributed by atoms with E-state index in [4.69, 9.17) is 10.5 Å². The number of nitrogens with two attached hydrogens (primary N) is 1. The van der Waals surface area contributed by atoms with Crippen molar-refractivity contribution in [3.05, 3.63) is 35.0 Å². The van der Waals surface area contributed by atoms with Gasteiger partial charge in [-0.2, -0.15) is 0 Å². The molecule has 0 saturated heterocycles. The van der Waals surface area contributed by atoms with Gasteiger partial charge < -0.3 is 10.5 Å². The summed E-state index contributed by atoms with van der Waals surface area (Å²) in [5, 5.41) is 0. The molecule has 3 nitrogen and oxygen atoms in total. The van der Waals surface area contributed by atoms with Crippen LogP contribution in [0.1, 0.15) is 24.2 Å². The number of benzene rings is 1. The average molecular weight is 248 g/mol. The lowest BCUT2D eigenvalue weighted by Crippen LogP contribution is -2.06. The second-order valence-corrected chi connectivity index (χ2v) is 4.87. The Morgan fingerprint density at radius 2 is 2.18 bits per heavy atom. The highest BCUT2D eigenvalue weighted by Gasteiger charge is 2.11. The Bertz CT molecular complexity index is 520. The van der Waals surface area contributed by atoms with Crippen molar-refractivity contribution >= 4 is 11.3 Å². The molecule has 1 aromatic heterocycles. The molecule has 1 atom stereocenters. The van der Waals surface area contributed by atoms with Crippen molar-refractivity contribution in [2.24, 2.45) is 5.73 Å². The van der Waals surface area contributed by atoms with Crippen LogP contribution in [0.4, 0.5) is 0 Å². The highest BCUT2D eigenvalue weighted by Crippen LogP contribution is 2.33. The van der Waals surface area contributed by atoms with Gasteiger partial charge in [-0.05, 0) is 25.5 Å². The van der Waals surface area contributed by atoms with Crippen LogP contribution in [0, 0.1) is 6.92 Å². The number of ether oxygens (including phenoxy) is 1. The van der Waals surface area contributed by atoms with Gasteiger partial charge in [0.15, 0.2) is 0 Å². The Morgan fingerprint density at radius 1 is 1.41 bits per heavy atom. The quantitative estimate of drug-likeness (QED) is 0.907. The molecule has 0 spiro atoms. The molecule has 1 heterocycles. The molecule has 0 unspecified atom stereocenters. The predicted octanol–water partition coefficient (Wildman–Crippen LogP) is 3.15. The first-order chi connectivity index (χ1) is 8.13. The SMILES string of the molecule is COc1cc(-c2scnc2C)ccc1[C@H](C)N. The zero-order valence-corrected chi connectivity index (χ0v) is 11.0. The van der Waals surface area contributed by atoms with Crippen LogP contribution < -0.4 is 10.5 Å². The first-order valence-corrected chi connectivity index (χ1v) is 6.35.